The van der Waals surface area contributed by atoms with Crippen LogP contribution in [0.25, 0.3) is 28.0 Å². The number of nitrogens with zero attached hydrogens (tertiary/aromatic N) is 5. The summed E-state index contributed by atoms with van der Waals surface area (Å²) in [5.74, 6) is 0.862. The molecule has 2 unspecified atom stereocenters. The van der Waals surface area contributed by atoms with Gasteiger partial charge in [0.25, 0.3) is 0 Å². The van der Waals surface area contributed by atoms with Crippen molar-refractivity contribution >= 4 is 17.4 Å². The van der Waals surface area contributed by atoms with E-state index < -0.39 is 17.7 Å². The number of anilines is 1. The summed E-state index contributed by atoms with van der Waals surface area (Å²) in [6.07, 6.45) is 4.65. The summed E-state index contributed by atoms with van der Waals surface area (Å²) in [6.45, 7) is 21.2. The SMILES string of the molecule is C=CCOC1(C)CCN(c2c(C(OC(C)(C)C)C(=O)OC)c(C)nc3cc(-c4cccc(-c5ccc(C#N)cc5OC(C)CC=C)c4)nn23)CC1. The minimum absolute atomic E-state index is 0.115. The molecule has 3 heterocycles. The molecule has 4 aromatic rings. The maximum Gasteiger partial charge on any atom is 0.339 e. The number of nitriles is 1. The Morgan fingerprint density at radius 3 is 2.47 bits per heavy atom. The van der Waals surface area contributed by atoms with Crippen LogP contribution in [-0.4, -0.2) is 64.7 Å². The Kier molecular flexibility index (Phi) is 11.3. The van der Waals surface area contributed by atoms with Gasteiger partial charge >= 0.3 is 5.97 Å². The second-order valence-electron chi connectivity index (χ2n) is 14.3. The Labute approximate surface area is 301 Å². The van der Waals surface area contributed by atoms with Gasteiger partial charge in [0.15, 0.2) is 11.8 Å². The van der Waals surface area contributed by atoms with Crippen LogP contribution in [0.5, 0.6) is 5.75 Å². The molecule has 0 aliphatic carbocycles. The largest absolute Gasteiger partial charge is 0.490 e. The predicted octanol–water partition coefficient (Wildman–Crippen LogP) is 8.18. The Bertz CT molecular complexity index is 1940. The lowest BCUT2D eigenvalue weighted by Gasteiger charge is -2.41. The third-order valence-corrected chi connectivity index (χ3v) is 9.03. The van der Waals surface area contributed by atoms with Crippen LogP contribution >= 0.6 is 0 Å². The highest BCUT2D eigenvalue weighted by Gasteiger charge is 2.38. The van der Waals surface area contributed by atoms with Crippen LogP contribution in [0, 0.1) is 18.3 Å². The molecule has 10 heteroatoms. The van der Waals surface area contributed by atoms with E-state index in [1.54, 1.807) is 18.2 Å². The number of hydrogen-bond donors (Lipinski definition) is 0. The molecule has 1 saturated heterocycles. The summed E-state index contributed by atoms with van der Waals surface area (Å²) in [5, 5.41) is 14.7. The summed E-state index contributed by atoms with van der Waals surface area (Å²) < 4.78 is 26.0. The average Bonchev–Trinajstić information content (AvgIpc) is 3.53. The molecule has 0 radical (unpaired) electrons. The van der Waals surface area contributed by atoms with Gasteiger partial charge in [0, 0.05) is 42.4 Å². The van der Waals surface area contributed by atoms with E-state index in [4.69, 9.17) is 29.0 Å². The van der Waals surface area contributed by atoms with Gasteiger partial charge in [-0.1, -0.05) is 30.4 Å². The number of carbonyl (C=O) groups is 1. The summed E-state index contributed by atoms with van der Waals surface area (Å²) in [7, 11) is 1.37. The summed E-state index contributed by atoms with van der Waals surface area (Å²) in [4.78, 5) is 20.6. The van der Waals surface area contributed by atoms with Gasteiger partial charge in [-0.05, 0) is 84.2 Å². The fraction of sp³-hybridized carbons (Fsp3) is 0.415. The number of esters is 1. The van der Waals surface area contributed by atoms with Crippen molar-refractivity contribution in [2.75, 3.05) is 31.7 Å². The number of piperidine rings is 1. The molecular formula is C41H49N5O5. The Balaban J connectivity index is 1.64. The van der Waals surface area contributed by atoms with Gasteiger partial charge in [-0.3, -0.25) is 0 Å². The molecule has 51 heavy (non-hydrogen) atoms. The van der Waals surface area contributed by atoms with Crippen molar-refractivity contribution in [2.45, 2.75) is 84.2 Å². The van der Waals surface area contributed by atoms with Crippen LogP contribution in [0.2, 0.25) is 0 Å². The summed E-state index contributed by atoms with van der Waals surface area (Å²) in [6, 6.07) is 17.7. The third kappa shape index (κ3) is 8.50. The van der Waals surface area contributed by atoms with Crippen molar-refractivity contribution in [1.29, 1.82) is 5.26 Å². The number of aryl methyl sites for hydroxylation is 1. The van der Waals surface area contributed by atoms with E-state index in [1.165, 1.54) is 7.11 Å². The number of hydrogen-bond acceptors (Lipinski definition) is 9. The first-order valence-electron chi connectivity index (χ1n) is 17.4. The highest BCUT2D eigenvalue weighted by Crippen LogP contribution is 2.39. The third-order valence-electron chi connectivity index (χ3n) is 9.03. The van der Waals surface area contributed by atoms with Crippen molar-refractivity contribution < 1.29 is 23.7 Å². The van der Waals surface area contributed by atoms with E-state index in [2.05, 4.69) is 37.1 Å². The van der Waals surface area contributed by atoms with Gasteiger partial charge in [-0.2, -0.15) is 14.9 Å². The van der Waals surface area contributed by atoms with Crippen molar-refractivity contribution in [3.05, 3.63) is 90.7 Å². The van der Waals surface area contributed by atoms with E-state index in [0.717, 1.165) is 35.3 Å². The van der Waals surface area contributed by atoms with Gasteiger partial charge in [0.05, 0.1) is 53.9 Å². The first-order valence-corrected chi connectivity index (χ1v) is 17.4. The molecule has 0 N–H and O–H groups in total. The first kappa shape index (κ1) is 37.3. The molecule has 0 saturated carbocycles. The molecule has 0 amide bonds. The maximum atomic E-state index is 13.4. The van der Waals surface area contributed by atoms with Gasteiger partial charge in [0.2, 0.25) is 0 Å². The van der Waals surface area contributed by atoms with Crippen LogP contribution in [0.1, 0.15) is 76.8 Å². The molecule has 2 aromatic heterocycles. The van der Waals surface area contributed by atoms with Crippen molar-refractivity contribution in [3.8, 4) is 34.2 Å². The monoisotopic (exact) mass is 691 g/mol. The molecule has 10 nitrogen and oxygen atoms in total. The van der Waals surface area contributed by atoms with Crippen molar-refractivity contribution in [3.63, 3.8) is 0 Å². The van der Waals surface area contributed by atoms with Crippen LogP contribution < -0.4 is 9.64 Å². The molecule has 1 fully saturated rings. The lowest BCUT2D eigenvalue weighted by molar-refractivity contribution is -0.164. The number of aromatic nitrogens is 3. The number of ether oxygens (including phenoxy) is 4. The molecule has 2 aromatic carbocycles. The average molecular weight is 692 g/mol. The molecule has 0 bridgehead atoms. The highest BCUT2D eigenvalue weighted by molar-refractivity contribution is 5.81. The highest BCUT2D eigenvalue weighted by atomic mass is 16.6. The van der Waals surface area contributed by atoms with Gasteiger partial charge in [-0.25, -0.2) is 9.78 Å². The van der Waals surface area contributed by atoms with E-state index in [1.807, 2.05) is 75.5 Å². The van der Waals surface area contributed by atoms with Crippen molar-refractivity contribution in [1.82, 2.24) is 14.6 Å². The molecular weight excluding hydrogens is 642 g/mol. The number of rotatable bonds is 13. The summed E-state index contributed by atoms with van der Waals surface area (Å²) in [5.41, 5.74) is 4.85. The molecule has 1 aliphatic rings. The van der Waals surface area contributed by atoms with Gasteiger partial charge < -0.3 is 23.8 Å². The lowest BCUT2D eigenvalue weighted by atomic mass is 9.92. The van der Waals surface area contributed by atoms with Crippen LogP contribution in [0.3, 0.4) is 0 Å². The summed E-state index contributed by atoms with van der Waals surface area (Å²) >= 11 is 0. The second-order valence-corrected chi connectivity index (χ2v) is 14.3. The molecule has 5 rings (SSSR count). The zero-order valence-corrected chi connectivity index (χ0v) is 30.9. The number of carbonyl (C=O) groups excluding carboxylic acids is 1. The fourth-order valence-electron chi connectivity index (χ4n) is 6.42. The van der Waals surface area contributed by atoms with Crippen molar-refractivity contribution in [2.24, 2.45) is 0 Å². The fourth-order valence-corrected chi connectivity index (χ4v) is 6.42. The Morgan fingerprint density at radius 1 is 1.10 bits per heavy atom. The van der Waals surface area contributed by atoms with Crippen LogP contribution in [0.4, 0.5) is 5.82 Å². The molecule has 2 atom stereocenters. The predicted molar refractivity (Wildman–Crippen MR) is 200 cm³/mol. The van der Waals surface area contributed by atoms with Crippen LogP contribution in [-0.2, 0) is 19.0 Å². The van der Waals surface area contributed by atoms with Gasteiger partial charge in [-0.15, -0.1) is 13.2 Å². The van der Waals surface area contributed by atoms with Crippen LogP contribution in [0.15, 0.2) is 73.8 Å². The first-order chi connectivity index (χ1) is 24.3. The van der Waals surface area contributed by atoms with E-state index in [9.17, 15) is 10.1 Å². The second kappa shape index (κ2) is 15.5. The van der Waals surface area contributed by atoms with E-state index in [0.29, 0.717) is 60.0 Å². The number of fused-ring (bicyclic) bond motifs is 1. The normalized spacial score (nSPS) is 15.5. The Morgan fingerprint density at radius 2 is 1.82 bits per heavy atom. The van der Waals surface area contributed by atoms with E-state index >= 15 is 0 Å². The molecule has 1 aliphatic heterocycles. The Hall–Kier alpha value is -4.98. The standard InChI is InChI=1S/C41H49N5O5/c1-10-13-27(3)50-34-23-29(26-42)16-17-32(34)30-14-12-15-31(24-30)33-25-35-43-28(4)36(37(39(47)48-9)51-40(5,6)7)38(46(35)44-33)45-20-18-41(8,19-21-45)49-22-11-2/h10-12,14-17,23-25,27,37H,1-2,13,18-22H2,3-9H3. The minimum atomic E-state index is -1.03. The zero-order chi connectivity index (χ0) is 36.9. The zero-order valence-electron chi connectivity index (χ0n) is 30.9. The smallest absolute Gasteiger partial charge is 0.339 e. The number of benzene rings is 2. The topological polar surface area (TPSA) is 111 Å². The molecule has 0 spiro atoms. The van der Waals surface area contributed by atoms with E-state index in [-0.39, 0.29) is 11.7 Å². The quantitative estimate of drug-likeness (QED) is 0.101. The minimum Gasteiger partial charge on any atom is -0.490 e. The van der Waals surface area contributed by atoms with Gasteiger partial charge in [0.1, 0.15) is 11.6 Å². The maximum absolute atomic E-state index is 13.4. The molecule has 268 valence electrons. The number of methoxy groups -OCH3 is 1. The lowest BCUT2D eigenvalue weighted by Crippen LogP contribution is -2.45.